The number of carbonyl (C=O) groups is 2. The number of esters is 1. The number of fused-ring (bicyclic) bond motifs is 2. The van der Waals surface area contributed by atoms with Gasteiger partial charge in [-0.2, -0.15) is 0 Å². The van der Waals surface area contributed by atoms with Crippen LogP contribution in [-0.2, 0) is 22.4 Å². The van der Waals surface area contributed by atoms with E-state index in [2.05, 4.69) is 12.2 Å². The highest BCUT2D eigenvalue weighted by atomic mass is 16.5. The molecule has 1 atom stereocenters. The van der Waals surface area contributed by atoms with Crippen molar-refractivity contribution in [2.75, 3.05) is 6.61 Å². The van der Waals surface area contributed by atoms with Crippen LogP contribution in [0.3, 0.4) is 0 Å². The predicted molar refractivity (Wildman–Crippen MR) is 101 cm³/mol. The molecule has 1 N–H and O–H groups in total. The third kappa shape index (κ3) is 4.03. The highest BCUT2D eigenvalue weighted by Crippen LogP contribution is 2.31. The maximum atomic E-state index is 12.9. The Morgan fingerprint density at radius 1 is 1.27 bits per heavy atom. The monoisotopic (exact) mass is 354 g/mol. The van der Waals surface area contributed by atoms with Crippen molar-refractivity contribution in [3.8, 4) is 0 Å². The zero-order valence-corrected chi connectivity index (χ0v) is 15.9. The van der Waals surface area contributed by atoms with E-state index in [1.165, 1.54) is 0 Å². The van der Waals surface area contributed by atoms with E-state index in [1.807, 2.05) is 45.0 Å². The summed E-state index contributed by atoms with van der Waals surface area (Å²) < 4.78 is 5.37. The minimum Gasteiger partial charge on any atom is -0.452 e. The first kappa shape index (κ1) is 18.4. The van der Waals surface area contributed by atoms with Gasteiger partial charge in [0.2, 0.25) is 0 Å². The molecule has 26 heavy (non-hydrogen) atoms. The molecule has 2 aromatic rings. The van der Waals surface area contributed by atoms with Crippen LogP contribution in [0, 0.1) is 5.92 Å². The molecular weight excluding hydrogens is 328 g/mol. The molecule has 0 spiro atoms. The SMILES string of the molecule is C[C@H]1CCc2nc3ccccc3c(C(=O)OCC(=O)NC(C)(C)C)c2C1. The Kier molecular flexibility index (Phi) is 4.99. The lowest BCUT2D eigenvalue weighted by Gasteiger charge is -2.24. The number of aromatic nitrogens is 1. The predicted octanol–water partition coefficient (Wildman–Crippen LogP) is 3.43. The van der Waals surface area contributed by atoms with Crippen molar-refractivity contribution in [2.24, 2.45) is 5.92 Å². The first-order chi connectivity index (χ1) is 12.2. The molecule has 1 aromatic heterocycles. The molecule has 0 saturated heterocycles. The largest absolute Gasteiger partial charge is 0.452 e. The lowest BCUT2D eigenvalue weighted by atomic mass is 9.84. The molecule has 1 heterocycles. The molecule has 5 nitrogen and oxygen atoms in total. The van der Waals surface area contributed by atoms with E-state index in [0.717, 1.165) is 41.4 Å². The summed E-state index contributed by atoms with van der Waals surface area (Å²) in [4.78, 5) is 29.6. The quantitative estimate of drug-likeness (QED) is 0.858. The van der Waals surface area contributed by atoms with Gasteiger partial charge in [0.1, 0.15) is 0 Å². The molecule has 1 amide bonds. The van der Waals surface area contributed by atoms with Gasteiger partial charge in [0.25, 0.3) is 5.91 Å². The fraction of sp³-hybridized carbons (Fsp3) is 0.476. The number of carbonyl (C=O) groups excluding carboxylic acids is 2. The smallest absolute Gasteiger partial charge is 0.339 e. The summed E-state index contributed by atoms with van der Waals surface area (Å²) in [6.07, 6.45) is 2.75. The Balaban J connectivity index is 1.91. The Labute approximate surface area is 154 Å². The molecule has 5 heteroatoms. The molecule has 3 rings (SSSR count). The highest BCUT2D eigenvalue weighted by molar-refractivity contribution is 6.05. The van der Waals surface area contributed by atoms with E-state index in [0.29, 0.717) is 11.5 Å². The zero-order valence-electron chi connectivity index (χ0n) is 15.9. The average Bonchev–Trinajstić information content (AvgIpc) is 2.56. The third-order valence-electron chi connectivity index (χ3n) is 4.56. The first-order valence-electron chi connectivity index (χ1n) is 9.13. The summed E-state index contributed by atoms with van der Waals surface area (Å²) in [5, 5.41) is 3.60. The first-order valence-corrected chi connectivity index (χ1v) is 9.13. The van der Waals surface area contributed by atoms with Crippen LogP contribution in [0.25, 0.3) is 10.9 Å². The fourth-order valence-corrected chi connectivity index (χ4v) is 3.45. The molecule has 0 aliphatic heterocycles. The second-order valence-corrected chi connectivity index (χ2v) is 8.15. The van der Waals surface area contributed by atoms with Crippen LogP contribution in [-0.4, -0.2) is 29.0 Å². The van der Waals surface area contributed by atoms with Crippen molar-refractivity contribution >= 4 is 22.8 Å². The minimum absolute atomic E-state index is 0.281. The summed E-state index contributed by atoms with van der Waals surface area (Å²) in [7, 11) is 0. The number of aryl methyl sites for hydroxylation is 1. The van der Waals surface area contributed by atoms with E-state index in [1.54, 1.807) is 0 Å². The number of amides is 1. The van der Waals surface area contributed by atoms with Crippen LogP contribution in [0.5, 0.6) is 0 Å². The third-order valence-corrected chi connectivity index (χ3v) is 4.56. The molecule has 138 valence electrons. The summed E-state index contributed by atoms with van der Waals surface area (Å²) in [5.41, 5.74) is 2.96. The number of nitrogens with one attached hydrogen (secondary N) is 1. The maximum absolute atomic E-state index is 12.9. The van der Waals surface area contributed by atoms with Crippen LogP contribution in [0.1, 0.15) is 55.7 Å². The van der Waals surface area contributed by atoms with Crippen LogP contribution in [0.4, 0.5) is 0 Å². The second-order valence-electron chi connectivity index (χ2n) is 8.15. The normalized spacial score (nSPS) is 16.8. The average molecular weight is 354 g/mol. The molecule has 1 aliphatic carbocycles. The van der Waals surface area contributed by atoms with Crippen molar-refractivity contribution in [1.29, 1.82) is 0 Å². The number of rotatable bonds is 3. The molecular formula is C21H26N2O3. The van der Waals surface area contributed by atoms with Crippen molar-refractivity contribution in [3.05, 3.63) is 41.1 Å². The van der Waals surface area contributed by atoms with Gasteiger partial charge in [-0.3, -0.25) is 9.78 Å². The van der Waals surface area contributed by atoms with Crippen LogP contribution in [0.2, 0.25) is 0 Å². The van der Waals surface area contributed by atoms with Crippen molar-refractivity contribution in [2.45, 2.75) is 52.5 Å². The van der Waals surface area contributed by atoms with Gasteiger partial charge in [-0.15, -0.1) is 0 Å². The molecule has 0 saturated carbocycles. The highest BCUT2D eigenvalue weighted by Gasteiger charge is 2.26. The van der Waals surface area contributed by atoms with E-state index in [4.69, 9.17) is 9.72 Å². The second kappa shape index (κ2) is 7.06. The summed E-state index contributed by atoms with van der Waals surface area (Å²) in [6, 6.07) is 7.62. The van der Waals surface area contributed by atoms with Gasteiger partial charge in [0, 0.05) is 16.6 Å². The van der Waals surface area contributed by atoms with Crippen molar-refractivity contribution in [1.82, 2.24) is 10.3 Å². The fourth-order valence-electron chi connectivity index (χ4n) is 3.45. The molecule has 0 bridgehead atoms. The molecule has 0 fully saturated rings. The van der Waals surface area contributed by atoms with E-state index < -0.39 is 5.97 Å². The summed E-state index contributed by atoms with van der Waals surface area (Å²) in [5.74, 6) is -0.245. The molecule has 1 aliphatic rings. The van der Waals surface area contributed by atoms with Crippen molar-refractivity contribution in [3.63, 3.8) is 0 Å². The lowest BCUT2D eigenvalue weighted by molar-refractivity contribution is -0.125. The van der Waals surface area contributed by atoms with Gasteiger partial charge in [0.05, 0.1) is 11.1 Å². The molecule has 0 radical (unpaired) electrons. The topological polar surface area (TPSA) is 68.3 Å². The van der Waals surface area contributed by atoms with E-state index in [9.17, 15) is 9.59 Å². The Bertz CT molecular complexity index is 852. The number of para-hydroxylation sites is 1. The Morgan fingerprint density at radius 2 is 2.00 bits per heavy atom. The van der Waals surface area contributed by atoms with Gasteiger partial charge in [-0.05, 0) is 57.6 Å². The number of hydrogen-bond donors (Lipinski definition) is 1. The zero-order chi connectivity index (χ0) is 18.9. The lowest BCUT2D eigenvalue weighted by Crippen LogP contribution is -2.42. The molecule has 0 unspecified atom stereocenters. The van der Waals surface area contributed by atoms with Crippen LogP contribution in [0.15, 0.2) is 24.3 Å². The molecule has 1 aromatic carbocycles. The standard InChI is InChI=1S/C21H26N2O3/c1-13-9-10-17-15(11-13)19(14-7-5-6-8-16(14)22-17)20(25)26-12-18(24)23-21(2,3)4/h5-8,13H,9-12H2,1-4H3,(H,23,24)/t13-/m0/s1. The summed E-state index contributed by atoms with van der Waals surface area (Å²) >= 11 is 0. The Hall–Kier alpha value is -2.43. The van der Waals surface area contributed by atoms with Crippen LogP contribution >= 0.6 is 0 Å². The minimum atomic E-state index is -0.446. The van der Waals surface area contributed by atoms with E-state index >= 15 is 0 Å². The van der Waals surface area contributed by atoms with Gasteiger partial charge in [0.15, 0.2) is 6.61 Å². The number of nitrogens with zero attached hydrogens (tertiary/aromatic N) is 1. The van der Waals surface area contributed by atoms with E-state index in [-0.39, 0.29) is 18.1 Å². The van der Waals surface area contributed by atoms with Crippen molar-refractivity contribution < 1.29 is 14.3 Å². The maximum Gasteiger partial charge on any atom is 0.339 e. The Morgan fingerprint density at radius 3 is 2.73 bits per heavy atom. The summed E-state index contributed by atoms with van der Waals surface area (Å²) in [6.45, 7) is 7.57. The van der Waals surface area contributed by atoms with Crippen LogP contribution < -0.4 is 5.32 Å². The number of benzene rings is 1. The number of pyridine rings is 1. The number of ether oxygens (including phenoxy) is 1. The number of hydrogen-bond acceptors (Lipinski definition) is 4. The van der Waals surface area contributed by atoms with Gasteiger partial charge >= 0.3 is 5.97 Å². The van der Waals surface area contributed by atoms with Gasteiger partial charge in [-0.25, -0.2) is 4.79 Å². The van der Waals surface area contributed by atoms with Gasteiger partial charge in [-0.1, -0.05) is 25.1 Å². The van der Waals surface area contributed by atoms with Gasteiger partial charge < -0.3 is 10.1 Å².